The monoisotopic (exact) mass is 244 g/mol. The van der Waals surface area contributed by atoms with Crippen LogP contribution in [-0.4, -0.2) is 19.5 Å². The van der Waals surface area contributed by atoms with Crippen molar-refractivity contribution in [3.8, 4) is 5.75 Å². The lowest BCUT2D eigenvalue weighted by Crippen LogP contribution is -2.07. The Morgan fingerprint density at radius 1 is 1.11 bits per heavy atom. The zero-order chi connectivity index (χ0) is 12.6. The number of para-hydroxylation sites is 1. The summed E-state index contributed by atoms with van der Waals surface area (Å²) in [7, 11) is 0. The van der Waals surface area contributed by atoms with E-state index < -0.39 is 0 Å². The molecule has 0 bridgehead atoms. The van der Waals surface area contributed by atoms with Gasteiger partial charge in [0.2, 0.25) is 0 Å². The van der Waals surface area contributed by atoms with Gasteiger partial charge in [-0.1, -0.05) is 18.2 Å². The Bertz CT molecular complexity index is 461. The molecule has 0 N–H and O–H groups in total. The van der Waals surface area contributed by atoms with Gasteiger partial charge >= 0.3 is 0 Å². The van der Waals surface area contributed by atoms with Crippen LogP contribution in [0.1, 0.15) is 23.2 Å². The number of hydrogen-bond acceptors (Lipinski definition) is 3. The third-order valence-corrected chi connectivity index (χ3v) is 2.62. The highest BCUT2D eigenvalue weighted by Gasteiger charge is 2.02. The van der Waals surface area contributed by atoms with Crippen molar-refractivity contribution >= 4 is 6.29 Å². The summed E-state index contributed by atoms with van der Waals surface area (Å²) in [4.78, 5) is 10.8. The first-order valence-corrected chi connectivity index (χ1v) is 6.06. The molecule has 0 amide bonds. The van der Waals surface area contributed by atoms with Crippen LogP contribution in [0.15, 0.2) is 48.3 Å². The van der Waals surface area contributed by atoms with E-state index in [-0.39, 0.29) is 0 Å². The summed E-state index contributed by atoms with van der Waals surface area (Å²) in [5.74, 6) is 1.50. The van der Waals surface area contributed by atoms with Gasteiger partial charge in [0.25, 0.3) is 0 Å². The topological polar surface area (TPSA) is 35.5 Å². The Morgan fingerprint density at radius 3 is 2.72 bits per heavy atom. The Kier molecular flexibility index (Phi) is 4.59. The molecule has 0 spiro atoms. The molecule has 0 saturated heterocycles. The fraction of sp³-hybridized carbons (Fsp3) is 0.267. The molecule has 0 unspecified atom stereocenters. The number of aldehydes is 1. The van der Waals surface area contributed by atoms with Crippen LogP contribution in [0.5, 0.6) is 5.75 Å². The van der Waals surface area contributed by atoms with E-state index in [4.69, 9.17) is 9.47 Å². The first-order valence-electron chi connectivity index (χ1n) is 6.06. The van der Waals surface area contributed by atoms with E-state index in [0.29, 0.717) is 24.5 Å². The van der Waals surface area contributed by atoms with E-state index in [9.17, 15) is 4.79 Å². The van der Waals surface area contributed by atoms with Crippen LogP contribution in [0, 0.1) is 0 Å². The second-order valence-corrected chi connectivity index (χ2v) is 3.94. The van der Waals surface area contributed by atoms with Crippen LogP contribution < -0.4 is 4.74 Å². The fourth-order valence-corrected chi connectivity index (χ4v) is 1.72. The third-order valence-electron chi connectivity index (χ3n) is 2.62. The fourth-order valence-electron chi connectivity index (χ4n) is 1.72. The van der Waals surface area contributed by atoms with Crippen molar-refractivity contribution in [2.24, 2.45) is 0 Å². The second-order valence-electron chi connectivity index (χ2n) is 3.94. The predicted molar refractivity (Wildman–Crippen MR) is 69.7 cm³/mol. The number of carbonyl (C=O) groups is 1. The zero-order valence-electron chi connectivity index (χ0n) is 10.2. The van der Waals surface area contributed by atoms with Gasteiger partial charge in [0.1, 0.15) is 24.7 Å². The van der Waals surface area contributed by atoms with Gasteiger partial charge in [0, 0.05) is 0 Å². The number of rotatable bonds is 6. The Balaban J connectivity index is 1.76. The van der Waals surface area contributed by atoms with Gasteiger partial charge in [-0.2, -0.15) is 0 Å². The molecule has 0 radical (unpaired) electrons. The molecule has 0 aliphatic heterocycles. The maximum atomic E-state index is 10.8. The smallest absolute Gasteiger partial charge is 0.153 e. The average Bonchev–Trinajstić information content (AvgIpc) is 2.45. The van der Waals surface area contributed by atoms with Crippen molar-refractivity contribution in [3.63, 3.8) is 0 Å². The molecular formula is C15H16O3. The molecule has 1 aliphatic rings. The SMILES string of the molecule is O=Cc1ccccc1OCCOC1=CCCC=C1. The number of ether oxygens (including phenoxy) is 2. The maximum Gasteiger partial charge on any atom is 0.153 e. The number of benzene rings is 1. The van der Waals surface area contributed by atoms with E-state index in [2.05, 4.69) is 12.2 Å². The summed E-state index contributed by atoms with van der Waals surface area (Å²) in [6.07, 6.45) is 9.04. The Hall–Kier alpha value is -2.03. The molecule has 3 nitrogen and oxygen atoms in total. The molecule has 0 atom stereocenters. The predicted octanol–water partition coefficient (Wildman–Crippen LogP) is 3.13. The highest BCUT2D eigenvalue weighted by Crippen LogP contribution is 2.16. The average molecular weight is 244 g/mol. The third kappa shape index (κ3) is 3.48. The Morgan fingerprint density at radius 2 is 1.94 bits per heavy atom. The summed E-state index contributed by atoms with van der Waals surface area (Å²) in [5.41, 5.74) is 0.564. The molecule has 1 aromatic rings. The van der Waals surface area contributed by atoms with Gasteiger partial charge in [-0.25, -0.2) is 0 Å². The van der Waals surface area contributed by atoms with Gasteiger partial charge < -0.3 is 9.47 Å². The summed E-state index contributed by atoms with van der Waals surface area (Å²) in [6.45, 7) is 0.902. The molecule has 0 heterocycles. The van der Waals surface area contributed by atoms with Gasteiger partial charge in [0.15, 0.2) is 6.29 Å². The van der Waals surface area contributed by atoms with Crippen LogP contribution in [0.3, 0.4) is 0 Å². The van der Waals surface area contributed by atoms with Gasteiger partial charge in [-0.05, 0) is 37.1 Å². The van der Waals surface area contributed by atoms with Gasteiger partial charge in [0.05, 0.1) is 5.56 Å². The molecule has 0 aromatic heterocycles. The molecular weight excluding hydrogens is 228 g/mol. The maximum absolute atomic E-state index is 10.8. The highest BCUT2D eigenvalue weighted by atomic mass is 16.5. The van der Waals surface area contributed by atoms with Crippen LogP contribution in [0.2, 0.25) is 0 Å². The van der Waals surface area contributed by atoms with Crippen molar-refractivity contribution in [2.45, 2.75) is 12.8 Å². The number of allylic oxidation sites excluding steroid dienone is 3. The zero-order valence-corrected chi connectivity index (χ0v) is 10.2. The van der Waals surface area contributed by atoms with Gasteiger partial charge in [-0.15, -0.1) is 0 Å². The molecule has 18 heavy (non-hydrogen) atoms. The summed E-state index contributed by atoms with van der Waals surface area (Å²) >= 11 is 0. The summed E-state index contributed by atoms with van der Waals surface area (Å²) in [5, 5.41) is 0. The van der Waals surface area contributed by atoms with E-state index in [0.717, 1.165) is 24.9 Å². The summed E-state index contributed by atoms with van der Waals surface area (Å²) < 4.78 is 11.1. The van der Waals surface area contributed by atoms with E-state index in [1.807, 2.05) is 18.2 Å². The van der Waals surface area contributed by atoms with Crippen LogP contribution in [-0.2, 0) is 4.74 Å². The number of hydrogen-bond donors (Lipinski definition) is 0. The van der Waals surface area contributed by atoms with Crippen molar-refractivity contribution in [2.75, 3.05) is 13.2 Å². The van der Waals surface area contributed by atoms with Crippen LogP contribution in [0.25, 0.3) is 0 Å². The molecule has 1 aromatic carbocycles. The first kappa shape index (κ1) is 12.4. The highest BCUT2D eigenvalue weighted by molar-refractivity contribution is 5.79. The van der Waals surface area contributed by atoms with Gasteiger partial charge in [-0.3, -0.25) is 4.79 Å². The molecule has 0 fully saturated rings. The molecule has 94 valence electrons. The Labute approximate surface area is 107 Å². The van der Waals surface area contributed by atoms with E-state index in [1.165, 1.54) is 0 Å². The second kappa shape index (κ2) is 6.64. The lowest BCUT2D eigenvalue weighted by atomic mass is 10.2. The van der Waals surface area contributed by atoms with Crippen LogP contribution in [0.4, 0.5) is 0 Å². The normalized spacial score (nSPS) is 13.9. The standard InChI is InChI=1S/C15H16O3/c16-12-13-6-4-5-9-15(13)18-11-10-17-14-7-2-1-3-8-14/h2,4-9,12H,1,3,10-11H2. The van der Waals surface area contributed by atoms with Crippen molar-refractivity contribution < 1.29 is 14.3 Å². The molecule has 3 heteroatoms. The minimum absolute atomic E-state index is 0.427. The van der Waals surface area contributed by atoms with E-state index >= 15 is 0 Å². The minimum atomic E-state index is 0.427. The first-order chi connectivity index (χ1) is 8.90. The van der Waals surface area contributed by atoms with Crippen LogP contribution >= 0.6 is 0 Å². The lowest BCUT2D eigenvalue weighted by molar-refractivity contribution is 0.111. The van der Waals surface area contributed by atoms with Crippen molar-refractivity contribution in [1.29, 1.82) is 0 Å². The largest absolute Gasteiger partial charge is 0.490 e. The van der Waals surface area contributed by atoms with Crippen molar-refractivity contribution in [1.82, 2.24) is 0 Å². The lowest BCUT2D eigenvalue weighted by Gasteiger charge is -2.11. The van der Waals surface area contributed by atoms with Crippen molar-refractivity contribution in [3.05, 3.63) is 53.8 Å². The van der Waals surface area contributed by atoms with E-state index in [1.54, 1.807) is 12.1 Å². The molecule has 1 aliphatic carbocycles. The summed E-state index contributed by atoms with van der Waals surface area (Å²) in [6, 6.07) is 7.17. The quantitative estimate of drug-likeness (QED) is 0.569. The number of carbonyl (C=O) groups excluding carboxylic acids is 1. The molecule has 2 rings (SSSR count). The minimum Gasteiger partial charge on any atom is -0.490 e. The molecule has 0 saturated carbocycles.